The predicted molar refractivity (Wildman–Crippen MR) is 105 cm³/mol. The number of urea groups is 1. The number of amides is 2. The maximum atomic E-state index is 12.5. The summed E-state index contributed by atoms with van der Waals surface area (Å²) >= 11 is 0. The zero-order chi connectivity index (χ0) is 19.6. The van der Waals surface area contributed by atoms with Gasteiger partial charge in [0.05, 0.1) is 25.5 Å². The number of carbonyl (C=O) groups excluding carboxylic acids is 1. The van der Waals surface area contributed by atoms with Gasteiger partial charge in [-0.1, -0.05) is 26.0 Å². The summed E-state index contributed by atoms with van der Waals surface area (Å²) in [6.45, 7) is 9.67. The molecule has 0 fully saturated rings. The Balaban J connectivity index is 1.91. The van der Waals surface area contributed by atoms with Crippen molar-refractivity contribution in [1.82, 2.24) is 10.6 Å². The van der Waals surface area contributed by atoms with Crippen LogP contribution in [0.4, 0.5) is 4.79 Å². The van der Waals surface area contributed by atoms with E-state index in [1.807, 2.05) is 44.2 Å². The Morgan fingerprint density at radius 3 is 2.41 bits per heavy atom. The highest BCUT2D eigenvalue weighted by atomic mass is 16.5. The third kappa shape index (κ3) is 6.98. The van der Waals surface area contributed by atoms with Crippen molar-refractivity contribution in [3.05, 3.63) is 54.0 Å². The molecule has 0 aliphatic heterocycles. The van der Waals surface area contributed by atoms with Crippen LogP contribution >= 0.6 is 0 Å². The van der Waals surface area contributed by atoms with E-state index < -0.39 is 0 Å². The Bertz CT molecular complexity index is 668. The van der Waals surface area contributed by atoms with Gasteiger partial charge in [0.15, 0.2) is 0 Å². The molecule has 2 aromatic rings. The molecule has 1 heterocycles. The molecule has 0 radical (unpaired) electrons. The van der Waals surface area contributed by atoms with Gasteiger partial charge in [-0.25, -0.2) is 4.79 Å². The molecule has 1 aromatic carbocycles. The van der Waals surface area contributed by atoms with E-state index >= 15 is 0 Å². The van der Waals surface area contributed by atoms with Gasteiger partial charge in [0.1, 0.15) is 17.6 Å². The number of hydrogen-bond acceptors (Lipinski definition) is 4. The van der Waals surface area contributed by atoms with Crippen molar-refractivity contribution in [2.75, 3.05) is 19.8 Å². The van der Waals surface area contributed by atoms with Crippen molar-refractivity contribution in [3.8, 4) is 5.75 Å². The van der Waals surface area contributed by atoms with Crippen LogP contribution in [0, 0.1) is 5.92 Å². The number of ether oxygens (including phenoxy) is 2. The van der Waals surface area contributed by atoms with Crippen molar-refractivity contribution < 1.29 is 18.7 Å². The number of furan rings is 1. The number of nitrogens with one attached hydrogen (secondary N) is 2. The van der Waals surface area contributed by atoms with E-state index in [2.05, 4.69) is 24.5 Å². The van der Waals surface area contributed by atoms with Crippen molar-refractivity contribution >= 4 is 6.03 Å². The van der Waals surface area contributed by atoms with Crippen LogP contribution in [-0.4, -0.2) is 25.9 Å². The first-order valence-electron chi connectivity index (χ1n) is 9.40. The fourth-order valence-electron chi connectivity index (χ4n) is 2.61. The summed E-state index contributed by atoms with van der Waals surface area (Å²) in [6.07, 6.45) is 1.59. The summed E-state index contributed by atoms with van der Waals surface area (Å²) in [7, 11) is 0. The van der Waals surface area contributed by atoms with Gasteiger partial charge in [-0.3, -0.25) is 0 Å². The minimum Gasteiger partial charge on any atom is -0.494 e. The van der Waals surface area contributed by atoms with Gasteiger partial charge in [0, 0.05) is 6.61 Å². The summed E-state index contributed by atoms with van der Waals surface area (Å²) < 4.78 is 16.6. The molecular weight excluding hydrogens is 344 g/mol. The summed E-state index contributed by atoms with van der Waals surface area (Å²) in [5.41, 5.74) is 0.999. The van der Waals surface area contributed by atoms with Crippen LogP contribution < -0.4 is 15.4 Å². The molecule has 2 N–H and O–H groups in total. The maximum Gasteiger partial charge on any atom is 0.315 e. The van der Waals surface area contributed by atoms with E-state index in [9.17, 15) is 4.79 Å². The standard InChI is InChI=1S/C21H30N2O4/c1-5-26-18-10-8-17(9-11-18)16(4)22-21(24)23-19(14-25-13-15(2)3)20-7-6-12-27-20/h6-12,15-16,19H,5,13-14H2,1-4H3,(H2,22,23,24). The lowest BCUT2D eigenvalue weighted by Crippen LogP contribution is -2.40. The molecule has 2 atom stereocenters. The molecule has 2 amide bonds. The van der Waals surface area contributed by atoms with Crippen LogP contribution in [0.1, 0.15) is 51.1 Å². The van der Waals surface area contributed by atoms with Crippen molar-refractivity contribution in [2.24, 2.45) is 5.92 Å². The van der Waals surface area contributed by atoms with Crippen molar-refractivity contribution in [3.63, 3.8) is 0 Å². The van der Waals surface area contributed by atoms with Crippen LogP contribution in [0.25, 0.3) is 0 Å². The van der Waals surface area contributed by atoms with Gasteiger partial charge < -0.3 is 24.5 Å². The van der Waals surface area contributed by atoms with Crippen LogP contribution in [0.5, 0.6) is 5.75 Å². The van der Waals surface area contributed by atoms with Gasteiger partial charge in [-0.05, 0) is 49.6 Å². The third-order valence-electron chi connectivity index (χ3n) is 3.97. The highest BCUT2D eigenvalue weighted by molar-refractivity contribution is 5.74. The molecule has 27 heavy (non-hydrogen) atoms. The minimum absolute atomic E-state index is 0.144. The van der Waals surface area contributed by atoms with Crippen LogP contribution in [0.3, 0.4) is 0 Å². The lowest BCUT2D eigenvalue weighted by molar-refractivity contribution is 0.0867. The zero-order valence-electron chi connectivity index (χ0n) is 16.5. The first-order valence-corrected chi connectivity index (χ1v) is 9.40. The topological polar surface area (TPSA) is 72.7 Å². The molecule has 2 rings (SSSR count). The lowest BCUT2D eigenvalue weighted by atomic mass is 10.1. The molecule has 2 unspecified atom stereocenters. The molecule has 1 aromatic heterocycles. The van der Waals surface area contributed by atoms with Gasteiger partial charge in [0.2, 0.25) is 0 Å². The highest BCUT2D eigenvalue weighted by Gasteiger charge is 2.19. The molecule has 0 spiro atoms. The average Bonchev–Trinajstić information content (AvgIpc) is 3.16. The average molecular weight is 374 g/mol. The number of hydrogen-bond donors (Lipinski definition) is 2. The summed E-state index contributed by atoms with van der Waals surface area (Å²) in [5, 5.41) is 5.88. The predicted octanol–water partition coefficient (Wildman–Crippen LogP) is 4.45. The monoisotopic (exact) mass is 374 g/mol. The van der Waals surface area contributed by atoms with Crippen molar-refractivity contribution in [2.45, 2.75) is 39.8 Å². The highest BCUT2D eigenvalue weighted by Crippen LogP contribution is 2.18. The molecule has 0 aliphatic carbocycles. The van der Waals surface area contributed by atoms with E-state index in [0.29, 0.717) is 31.5 Å². The van der Waals surface area contributed by atoms with Crippen LogP contribution in [-0.2, 0) is 4.74 Å². The molecule has 0 bridgehead atoms. The zero-order valence-corrected chi connectivity index (χ0v) is 16.5. The van der Waals surface area contributed by atoms with Crippen molar-refractivity contribution in [1.29, 1.82) is 0 Å². The van der Waals surface area contributed by atoms with Crippen LogP contribution in [0.2, 0.25) is 0 Å². The molecule has 0 saturated heterocycles. The summed E-state index contributed by atoms with van der Waals surface area (Å²) in [4.78, 5) is 12.5. The smallest absolute Gasteiger partial charge is 0.315 e. The first kappa shape index (κ1) is 20.8. The number of benzene rings is 1. The van der Waals surface area contributed by atoms with Gasteiger partial charge in [-0.15, -0.1) is 0 Å². The SMILES string of the molecule is CCOc1ccc(C(C)NC(=O)NC(COCC(C)C)c2ccco2)cc1. The normalized spacial score (nSPS) is 13.2. The van der Waals surface area contributed by atoms with E-state index in [1.54, 1.807) is 12.3 Å². The summed E-state index contributed by atoms with van der Waals surface area (Å²) in [6, 6.07) is 10.6. The second-order valence-corrected chi connectivity index (χ2v) is 6.84. The fourth-order valence-corrected chi connectivity index (χ4v) is 2.61. The third-order valence-corrected chi connectivity index (χ3v) is 3.97. The van der Waals surface area contributed by atoms with Gasteiger partial charge in [0.25, 0.3) is 0 Å². The molecule has 6 heteroatoms. The Morgan fingerprint density at radius 1 is 1.07 bits per heavy atom. The Hall–Kier alpha value is -2.47. The van der Waals surface area contributed by atoms with Gasteiger partial charge in [-0.2, -0.15) is 0 Å². The fraction of sp³-hybridized carbons (Fsp3) is 0.476. The first-order chi connectivity index (χ1) is 13.0. The quantitative estimate of drug-likeness (QED) is 0.644. The van der Waals surface area contributed by atoms with E-state index in [1.165, 1.54) is 0 Å². The van der Waals surface area contributed by atoms with Gasteiger partial charge >= 0.3 is 6.03 Å². The molecule has 0 saturated carbocycles. The molecule has 148 valence electrons. The molecule has 6 nitrogen and oxygen atoms in total. The minimum atomic E-state index is -0.341. The van der Waals surface area contributed by atoms with E-state index in [4.69, 9.17) is 13.9 Å². The maximum absolute atomic E-state index is 12.5. The van der Waals surface area contributed by atoms with E-state index in [0.717, 1.165) is 11.3 Å². The second kappa shape index (κ2) is 10.6. The Morgan fingerprint density at radius 2 is 1.81 bits per heavy atom. The number of rotatable bonds is 10. The second-order valence-electron chi connectivity index (χ2n) is 6.84. The Kier molecular flexibility index (Phi) is 8.20. The largest absolute Gasteiger partial charge is 0.494 e. The molecule has 0 aliphatic rings. The molecular formula is C21H30N2O4. The van der Waals surface area contributed by atoms with Crippen LogP contribution in [0.15, 0.2) is 47.1 Å². The van der Waals surface area contributed by atoms with E-state index in [-0.39, 0.29) is 18.1 Å². The summed E-state index contributed by atoms with van der Waals surface area (Å²) in [5.74, 6) is 1.91. The lowest BCUT2D eigenvalue weighted by Gasteiger charge is -2.20. The number of carbonyl (C=O) groups is 1. The Labute approximate surface area is 161 Å².